The fourth-order valence-electron chi connectivity index (χ4n) is 1.39. The third-order valence-corrected chi connectivity index (χ3v) is 2.06. The Morgan fingerprint density at radius 2 is 1.53 bits per heavy atom. The third kappa shape index (κ3) is 3.37. The number of carbonyl (C=O) groups excluding carboxylic acids is 1. The van der Waals surface area contributed by atoms with Gasteiger partial charge in [0.05, 0.1) is 19.8 Å². The Bertz CT molecular complexity index is 405. The lowest BCUT2D eigenvalue weighted by Gasteiger charge is -2.23. The largest absolute Gasteiger partial charge is 0.493 e. The molecule has 0 bridgehead atoms. The molecule has 0 aromatic heterocycles. The Kier molecular flexibility index (Phi) is 3.99. The number of carbonyl (C=O) groups is 1. The average Bonchev–Trinajstić information content (AvgIpc) is 2.26. The fraction of sp³-hybridized carbons (Fsp3) is 0.462. The van der Waals surface area contributed by atoms with Crippen molar-refractivity contribution in [1.82, 2.24) is 0 Å². The zero-order valence-electron chi connectivity index (χ0n) is 10.9. The summed E-state index contributed by atoms with van der Waals surface area (Å²) in [4.78, 5) is 11.0. The van der Waals surface area contributed by atoms with Gasteiger partial charge in [-0.25, -0.2) is 0 Å². The lowest BCUT2D eigenvalue weighted by atomic mass is 10.1. The Balaban J connectivity index is 3.24. The molecule has 17 heavy (non-hydrogen) atoms. The van der Waals surface area contributed by atoms with Crippen LogP contribution >= 0.6 is 0 Å². The normalized spacial score (nSPS) is 10.9. The summed E-state index contributed by atoms with van der Waals surface area (Å²) in [5.74, 6) is 1.54. The molecule has 0 fully saturated rings. The first-order valence-electron chi connectivity index (χ1n) is 5.31. The maximum Gasteiger partial charge on any atom is 0.164 e. The Morgan fingerprint density at radius 1 is 1.00 bits per heavy atom. The molecule has 0 heterocycles. The van der Waals surface area contributed by atoms with Crippen molar-refractivity contribution < 1.29 is 19.0 Å². The van der Waals surface area contributed by atoms with Crippen LogP contribution < -0.4 is 14.2 Å². The van der Waals surface area contributed by atoms with Crippen LogP contribution in [0.1, 0.15) is 31.1 Å². The number of hydrogen-bond acceptors (Lipinski definition) is 4. The number of hydrogen-bond donors (Lipinski definition) is 0. The van der Waals surface area contributed by atoms with Crippen LogP contribution in [0.5, 0.6) is 17.2 Å². The first-order valence-corrected chi connectivity index (χ1v) is 5.31. The highest BCUT2D eigenvalue weighted by Gasteiger charge is 2.17. The standard InChI is InChI=1S/C13H18O4/c1-13(2,3)17-10-7-12(16-5)11(15-4)6-9(10)8-14/h6-8H,1-5H3. The lowest BCUT2D eigenvalue weighted by molar-refractivity contribution is 0.109. The molecule has 0 aliphatic rings. The van der Waals surface area contributed by atoms with Gasteiger partial charge in [0.25, 0.3) is 0 Å². The van der Waals surface area contributed by atoms with Crippen LogP contribution in [0, 0.1) is 0 Å². The van der Waals surface area contributed by atoms with Crippen molar-refractivity contribution in [1.29, 1.82) is 0 Å². The summed E-state index contributed by atoms with van der Waals surface area (Å²) in [6.07, 6.45) is 0.739. The van der Waals surface area contributed by atoms with Crippen LogP contribution in [0.25, 0.3) is 0 Å². The van der Waals surface area contributed by atoms with Gasteiger partial charge in [-0.05, 0) is 26.8 Å². The van der Waals surface area contributed by atoms with Gasteiger partial charge in [0.15, 0.2) is 17.8 Å². The van der Waals surface area contributed by atoms with Crippen molar-refractivity contribution in [3.63, 3.8) is 0 Å². The van der Waals surface area contributed by atoms with Gasteiger partial charge in [-0.15, -0.1) is 0 Å². The minimum absolute atomic E-state index is 0.378. The predicted molar refractivity (Wildman–Crippen MR) is 65.3 cm³/mol. The summed E-state index contributed by atoms with van der Waals surface area (Å²) in [5.41, 5.74) is 0.0646. The van der Waals surface area contributed by atoms with E-state index in [-0.39, 0.29) is 5.60 Å². The number of rotatable bonds is 4. The van der Waals surface area contributed by atoms with E-state index in [1.54, 1.807) is 19.2 Å². The predicted octanol–water partition coefficient (Wildman–Crippen LogP) is 2.69. The van der Waals surface area contributed by atoms with Crippen molar-refractivity contribution in [3.8, 4) is 17.2 Å². The summed E-state index contributed by atoms with van der Waals surface area (Å²) < 4.78 is 16.0. The van der Waals surface area contributed by atoms with Gasteiger partial charge in [-0.1, -0.05) is 0 Å². The highest BCUT2D eigenvalue weighted by atomic mass is 16.5. The molecule has 4 heteroatoms. The van der Waals surface area contributed by atoms with E-state index in [0.717, 1.165) is 6.29 Å². The molecule has 1 aromatic rings. The number of aldehydes is 1. The quantitative estimate of drug-likeness (QED) is 0.756. The van der Waals surface area contributed by atoms with Crippen LogP contribution in [0.3, 0.4) is 0 Å². The summed E-state index contributed by atoms with van der Waals surface area (Å²) in [6, 6.07) is 3.26. The van der Waals surface area contributed by atoms with Crippen molar-refractivity contribution in [2.24, 2.45) is 0 Å². The SMILES string of the molecule is COc1cc(C=O)c(OC(C)(C)C)cc1OC. The van der Waals surface area contributed by atoms with Crippen LogP contribution in [-0.2, 0) is 0 Å². The lowest BCUT2D eigenvalue weighted by Crippen LogP contribution is -2.23. The molecule has 0 aliphatic carbocycles. The summed E-state index contributed by atoms with van der Waals surface area (Å²) >= 11 is 0. The van der Waals surface area contributed by atoms with Gasteiger partial charge in [0.1, 0.15) is 11.4 Å². The van der Waals surface area contributed by atoms with Crippen molar-refractivity contribution >= 4 is 6.29 Å². The molecule has 0 aliphatic heterocycles. The summed E-state index contributed by atoms with van der Waals surface area (Å²) in [7, 11) is 3.07. The van der Waals surface area contributed by atoms with Gasteiger partial charge in [0.2, 0.25) is 0 Å². The maximum atomic E-state index is 11.0. The van der Waals surface area contributed by atoms with Crippen LogP contribution in [-0.4, -0.2) is 26.1 Å². The monoisotopic (exact) mass is 238 g/mol. The van der Waals surface area contributed by atoms with E-state index in [1.165, 1.54) is 7.11 Å². The van der Waals surface area contributed by atoms with Gasteiger partial charge in [-0.3, -0.25) is 4.79 Å². The second kappa shape index (κ2) is 5.08. The number of benzene rings is 1. The van der Waals surface area contributed by atoms with E-state index in [4.69, 9.17) is 14.2 Å². The molecule has 0 radical (unpaired) electrons. The highest BCUT2D eigenvalue weighted by molar-refractivity contribution is 5.81. The smallest absolute Gasteiger partial charge is 0.164 e. The fourth-order valence-corrected chi connectivity index (χ4v) is 1.39. The van der Waals surface area contributed by atoms with Crippen LogP contribution in [0.2, 0.25) is 0 Å². The van der Waals surface area contributed by atoms with Crippen LogP contribution in [0.4, 0.5) is 0 Å². The topological polar surface area (TPSA) is 44.8 Å². The van der Waals surface area contributed by atoms with Crippen molar-refractivity contribution in [2.75, 3.05) is 14.2 Å². The Labute approximate surface area is 101 Å². The summed E-state index contributed by atoms with van der Waals surface area (Å²) in [5, 5.41) is 0. The van der Waals surface area contributed by atoms with E-state index in [1.807, 2.05) is 20.8 Å². The van der Waals surface area contributed by atoms with Gasteiger partial charge < -0.3 is 14.2 Å². The van der Waals surface area contributed by atoms with E-state index < -0.39 is 0 Å². The van der Waals surface area contributed by atoms with Gasteiger partial charge in [0, 0.05) is 6.07 Å². The molecule has 0 spiro atoms. The molecular weight excluding hydrogens is 220 g/mol. The molecule has 1 rings (SSSR count). The zero-order valence-corrected chi connectivity index (χ0v) is 10.9. The van der Waals surface area contributed by atoms with Gasteiger partial charge >= 0.3 is 0 Å². The molecule has 0 unspecified atom stereocenters. The molecule has 4 nitrogen and oxygen atoms in total. The molecule has 0 N–H and O–H groups in total. The first kappa shape index (κ1) is 13.4. The number of methoxy groups -OCH3 is 2. The van der Waals surface area contributed by atoms with Crippen LogP contribution in [0.15, 0.2) is 12.1 Å². The highest BCUT2D eigenvalue weighted by Crippen LogP contribution is 2.35. The Hall–Kier alpha value is -1.71. The van der Waals surface area contributed by atoms with Crippen molar-refractivity contribution in [3.05, 3.63) is 17.7 Å². The molecular formula is C13H18O4. The van der Waals surface area contributed by atoms with E-state index in [2.05, 4.69) is 0 Å². The zero-order chi connectivity index (χ0) is 13.1. The van der Waals surface area contributed by atoms with Crippen molar-refractivity contribution in [2.45, 2.75) is 26.4 Å². The second-order valence-corrected chi connectivity index (χ2v) is 4.58. The summed E-state index contributed by atoms with van der Waals surface area (Å²) in [6.45, 7) is 5.74. The molecule has 1 aromatic carbocycles. The minimum Gasteiger partial charge on any atom is -0.493 e. The molecule has 0 amide bonds. The second-order valence-electron chi connectivity index (χ2n) is 4.58. The minimum atomic E-state index is -0.378. The third-order valence-electron chi connectivity index (χ3n) is 2.06. The molecule has 0 saturated carbocycles. The van der Waals surface area contributed by atoms with E-state index in [9.17, 15) is 4.79 Å². The average molecular weight is 238 g/mol. The molecule has 94 valence electrons. The van der Waals surface area contributed by atoms with E-state index >= 15 is 0 Å². The number of ether oxygens (including phenoxy) is 3. The maximum absolute atomic E-state index is 11.0. The Morgan fingerprint density at radius 3 is 1.94 bits per heavy atom. The van der Waals surface area contributed by atoms with Gasteiger partial charge in [-0.2, -0.15) is 0 Å². The molecule has 0 saturated heterocycles. The first-order chi connectivity index (χ1) is 7.91. The van der Waals surface area contributed by atoms with E-state index in [0.29, 0.717) is 22.8 Å². The molecule has 0 atom stereocenters.